The molecule has 1 aromatic rings. The predicted octanol–water partition coefficient (Wildman–Crippen LogP) is 4.35. The highest BCUT2D eigenvalue weighted by atomic mass is 16.6. The number of unbranched alkanes of at least 4 members (excludes halogenated alkanes) is 1. The first-order chi connectivity index (χ1) is 12.4. The molecule has 26 heavy (non-hydrogen) atoms. The van der Waals surface area contributed by atoms with Crippen molar-refractivity contribution in [3.63, 3.8) is 0 Å². The lowest BCUT2D eigenvalue weighted by molar-refractivity contribution is -0.154. The van der Waals surface area contributed by atoms with Crippen molar-refractivity contribution in [3.05, 3.63) is 18.7 Å². The topological polar surface area (TPSA) is 65.7 Å². The van der Waals surface area contributed by atoms with Gasteiger partial charge in [-0.15, -0.1) is 0 Å². The number of aromatic nitrogens is 2. The van der Waals surface area contributed by atoms with E-state index in [1.165, 1.54) is 32.1 Å². The van der Waals surface area contributed by atoms with E-state index in [4.69, 9.17) is 9.57 Å². The maximum atomic E-state index is 11.7. The number of hydrogen-bond donors (Lipinski definition) is 0. The van der Waals surface area contributed by atoms with E-state index in [1.54, 1.807) is 6.20 Å². The van der Waals surface area contributed by atoms with Gasteiger partial charge < -0.3 is 14.1 Å². The molecule has 1 heterocycles. The van der Waals surface area contributed by atoms with Gasteiger partial charge in [0.05, 0.1) is 18.6 Å². The lowest BCUT2D eigenvalue weighted by Crippen LogP contribution is -2.23. The highest BCUT2D eigenvalue weighted by Gasteiger charge is 2.20. The van der Waals surface area contributed by atoms with E-state index in [9.17, 15) is 4.79 Å². The Labute approximate surface area is 157 Å². The fraction of sp³-hybridized carbons (Fsp3) is 0.750. The van der Waals surface area contributed by atoms with E-state index in [0.29, 0.717) is 18.9 Å². The smallest absolute Gasteiger partial charge is 0.306 e. The van der Waals surface area contributed by atoms with Gasteiger partial charge in [0.1, 0.15) is 12.2 Å². The molecule has 0 amide bonds. The number of ether oxygens (including phenoxy) is 1. The fourth-order valence-electron chi connectivity index (χ4n) is 3.19. The van der Waals surface area contributed by atoms with Crippen molar-refractivity contribution in [3.8, 4) is 0 Å². The van der Waals surface area contributed by atoms with Gasteiger partial charge in [-0.1, -0.05) is 24.4 Å². The van der Waals surface area contributed by atoms with Gasteiger partial charge in [0, 0.05) is 24.7 Å². The Hall–Kier alpha value is -1.85. The molecule has 0 unspecified atom stereocenters. The van der Waals surface area contributed by atoms with Crippen LogP contribution in [0, 0.1) is 5.92 Å². The number of hydrogen-bond acceptors (Lipinski definition) is 5. The van der Waals surface area contributed by atoms with Crippen LogP contribution >= 0.6 is 0 Å². The molecular formula is C20H33N3O3. The minimum Gasteiger partial charge on any atom is -0.460 e. The number of esters is 1. The van der Waals surface area contributed by atoms with Gasteiger partial charge in [-0.05, 0) is 46.5 Å². The van der Waals surface area contributed by atoms with Crippen LogP contribution in [0.4, 0.5) is 0 Å². The molecule has 2 rings (SSSR count). The standard InChI is InChI=1S/C20H33N3O3/c1-20(2,3)26-19(24)11-7-8-14-25-22-18(15-23-13-12-21-16-23)17-9-5-4-6-10-17/h12-13,16-17H,4-11,14-15H2,1-3H3/b22-18-. The molecule has 6 nitrogen and oxygen atoms in total. The minimum absolute atomic E-state index is 0.149. The Bertz CT molecular complexity index is 555. The van der Waals surface area contributed by atoms with E-state index in [-0.39, 0.29) is 5.97 Å². The van der Waals surface area contributed by atoms with Crippen LogP contribution in [0.2, 0.25) is 0 Å². The minimum atomic E-state index is -0.417. The van der Waals surface area contributed by atoms with E-state index in [0.717, 1.165) is 25.1 Å². The summed E-state index contributed by atoms with van der Waals surface area (Å²) in [7, 11) is 0. The van der Waals surface area contributed by atoms with Crippen molar-refractivity contribution in [2.24, 2.45) is 11.1 Å². The maximum absolute atomic E-state index is 11.7. The predicted molar refractivity (Wildman–Crippen MR) is 102 cm³/mol. The molecule has 0 saturated heterocycles. The maximum Gasteiger partial charge on any atom is 0.306 e. The van der Waals surface area contributed by atoms with Crippen LogP contribution in [0.3, 0.4) is 0 Å². The first-order valence-electron chi connectivity index (χ1n) is 9.80. The van der Waals surface area contributed by atoms with E-state index in [2.05, 4.69) is 10.1 Å². The van der Waals surface area contributed by atoms with Crippen LogP contribution in [-0.2, 0) is 20.9 Å². The van der Waals surface area contributed by atoms with Crippen molar-refractivity contribution >= 4 is 11.7 Å². The lowest BCUT2D eigenvalue weighted by atomic mass is 9.86. The summed E-state index contributed by atoms with van der Waals surface area (Å²) in [4.78, 5) is 21.4. The summed E-state index contributed by atoms with van der Waals surface area (Å²) in [6, 6.07) is 0. The summed E-state index contributed by atoms with van der Waals surface area (Å²) in [5, 5.41) is 4.45. The molecule has 0 N–H and O–H groups in total. The molecule has 1 saturated carbocycles. The van der Waals surface area contributed by atoms with Gasteiger partial charge in [-0.25, -0.2) is 4.98 Å². The molecule has 0 atom stereocenters. The summed E-state index contributed by atoms with van der Waals surface area (Å²) in [5.41, 5.74) is 0.690. The van der Waals surface area contributed by atoms with Crippen molar-refractivity contribution in [1.82, 2.24) is 9.55 Å². The summed E-state index contributed by atoms with van der Waals surface area (Å²) >= 11 is 0. The Morgan fingerprint density at radius 3 is 2.65 bits per heavy atom. The van der Waals surface area contributed by atoms with Gasteiger partial charge in [-0.2, -0.15) is 0 Å². The van der Waals surface area contributed by atoms with Crippen molar-refractivity contribution in [2.45, 2.75) is 84.3 Å². The number of rotatable bonds is 9. The summed E-state index contributed by atoms with van der Waals surface area (Å²) in [6.07, 6.45) is 13.8. The van der Waals surface area contributed by atoms with Gasteiger partial charge in [-0.3, -0.25) is 4.79 Å². The number of carbonyl (C=O) groups is 1. The summed E-state index contributed by atoms with van der Waals surface area (Å²) in [5.74, 6) is 0.358. The number of imidazole rings is 1. The van der Waals surface area contributed by atoms with Gasteiger partial charge >= 0.3 is 5.97 Å². The Kier molecular flexibility index (Phi) is 8.13. The fourth-order valence-corrected chi connectivity index (χ4v) is 3.19. The summed E-state index contributed by atoms with van der Waals surface area (Å²) < 4.78 is 7.35. The van der Waals surface area contributed by atoms with E-state index in [1.807, 2.05) is 37.9 Å². The van der Waals surface area contributed by atoms with Crippen LogP contribution in [-0.4, -0.2) is 33.4 Å². The van der Waals surface area contributed by atoms with Crippen LogP contribution < -0.4 is 0 Å². The average Bonchev–Trinajstić information content (AvgIpc) is 3.09. The second-order valence-electron chi connectivity index (χ2n) is 8.03. The molecule has 1 aromatic heterocycles. The molecule has 0 aromatic carbocycles. The number of carbonyl (C=O) groups excluding carboxylic acids is 1. The zero-order valence-corrected chi connectivity index (χ0v) is 16.4. The first-order valence-corrected chi connectivity index (χ1v) is 9.80. The molecule has 0 bridgehead atoms. The molecule has 146 valence electrons. The molecule has 0 spiro atoms. The lowest BCUT2D eigenvalue weighted by Gasteiger charge is -2.23. The molecule has 0 radical (unpaired) electrons. The second kappa shape index (κ2) is 10.3. The van der Waals surface area contributed by atoms with Gasteiger partial charge in [0.2, 0.25) is 0 Å². The SMILES string of the molecule is CC(C)(C)OC(=O)CCCCO/N=C(/Cn1ccnc1)C1CCCCC1. The summed E-state index contributed by atoms with van der Waals surface area (Å²) in [6.45, 7) is 6.92. The quantitative estimate of drug-likeness (QED) is 0.283. The van der Waals surface area contributed by atoms with Crippen molar-refractivity contribution in [1.29, 1.82) is 0 Å². The number of nitrogens with zero attached hydrogens (tertiary/aromatic N) is 3. The van der Waals surface area contributed by atoms with E-state index >= 15 is 0 Å². The number of oxime groups is 1. The third-order valence-corrected chi connectivity index (χ3v) is 4.45. The van der Waals surface area contributed by atoms with Crippen molar-refractivity contribution in [2.75, 3.05) is 6.61 Å². The molecule has 1 aliphatic carbocycles. The molecule has 6 heteroatoms. The zero-order valence-electron chi connectivity index (χ0n) is 16.4. The molecular weight excluding hydrogens is 330 g/mol. The molecule has 1 fully saturated rings. The highest BCUT2D eigenvalue weighted by molar-refractivity contribution is 5.86. The molecule has 0 aliphatic heterocycles. The van der Waals surface area contributed by atoms with Crippen molar-refractivity contribution < 1.29 is 14.4 Å². The van der Waals surface area contributed by atoms with Gasteiger partial charge in [0.15, 0.2) is 0 Å². The zero-order chi connectivity index (χ0) is 18.8. The van der Waals surface area contributed by atoms with Crippen LogP contribution in [0.1, 0.15) is 72.1 Å². The van der Waals surface area contributed by atoms with Crippen LogP contribution in [0.5, 0.6) is 0 Å². The Morgan fingerprint density at radius 2 is 2.00 bits per heavy atom. The second-order valence-corrected chi connectivity index (χ2v) is 8.03. The van der Waals surface area contributed by atoms with Crippen LogP contribution in [0.25, 0.3) is 0 Å². The Balaban J connectivity index is 1.73. The third kappa shape index (κ3) is 8.02. The molecule has 1 aliphatic rings. The van der Waals surface area contributed by atoms with Gasteiger partial charge in [0.25, 0.3) is 0 Å². The monoisotopic (exact) mass is 363 g/mol. The largest absolute Gasteiger partial charge is 0.460 e. The first kappa shape index (κ1) is 20.5. The average molecular weight is 364 g/mol. The Morgan fingerprint density at radius 1 is 1.23 bits per heavy atom. The third-order valence-electron chi connectivity index (χ3n) is 4.45. The highest BCUT2D eigenvalue weighted by Crippen LogP contribution is 2.25. The normalized spacial score (nSPS) is 16.5. The van der Waals surface area contributed by atoms with Crippen LogP contribution in [0.15, 0.2) is 23.9 Å². The van der Waals surface area contributed by atoms with E-state index < -0.39 is 5.60 Å².